The van der Waals surface area contributed by atoms with Crippen molar-refractivity contribution in [1.82, 2.24) is 14.9 Å². The van der Waals surface area contributed by atoms with Gasteiger partial charge in [-0.25, -0.2) is 4.98 Å². The molecule has 0 bridgehead atoms. The van der Waals surface area contributed by atoms with Crippen molar-refractivity contribution in [3.63, 3.8) is 0 Å². The van der Waals surface area contributed by atoms with Crippen LogP contribution in [0.4, 0.5) is 5.69 Å². The molecule has 1 aliphatic heterocycles. The smallest absolute Gasteiger partial charge is 0.291 e. The first-order valence-corrected chi connectivity index (χ1v) is 9.31. The minimum Gasteiger partial charge on any atom is -0.351 e. The van der Waals surface area contributed by atoms with E-state index >= 15 is 0 Å². The molecule has 7 heteroatoms. The van der Waals surface area contributed by atoms with E-state index in [1.165, 1.54) is 6.92 Å². The molecule has 2 amide bonds. The van der Waals surface area contributed by atoms with Crippen LogP contribution in [0.3, 0.4) is 0 Å². The van der Waals surface area contributed by atoms with Crippen molar-refractivity contribution in [2.45, 2.75) is 46.1 Å². The number of imidazole rings is 1. The lowest BCUT2D eigenvalue weighted by Gasteiger charge is -2.17. The van der Waals surface area contributed by atoms with Crippen molar-refractivity contribution in [3.8, 4) is 0 Å². The molecule has 0 saturated carbocycles. The summed E-state index contributed by atoms with van der Waals surface area (Å²) in [4.78, 5) is 40.9. The predicted molar refractivity (Wildman–Crippen MR) is 102 cm³/mol. The van der Waals surface area contributed by atoms with Gasteiger partial charge in [0.25, 0.3) is 11.8 Å². The molecule has 0 fully saturated rings. The number of fused-ring (bicyclic) bond motifs is 1. The Morgan fingerprint density at radius 2 is 1.85 bits per heavy atom. The van der Waals surface area contributed by atoms with Crippen LogP contribution in [0.1, 0.15) is 70.3 Å². The number of ketones is 1. The van der Waals surface area contributed by atoms with Crippen LogP contribution < -0.4 is 10.6 Å². The van der Waals surface area contributed by atoms with Gasteiger partial charge in [0.15, 0.2) is 11.6 Å². The summed E-state index contributed by atoms with van der Waals surface area (Å²) in [7, 11) is 0. The van der Waals surface area contributed by atoms with Crippen LogP contribution in [0.25, 0.3) is 0 Å². The van der Waals surface area contributed by atoms with Gasteiger partial charge in [-0.1, -0.05) is 6.92 Å². The molecule has 2 N–H and O–H groups in total. The molecule has 1 aliphatic rings. The Morgan fingerprint density at radius 3 is 2.52 bits per heavy atom. The zero-order valence-corrected chi connectivity index (χ0v) is 15.7. The molecule has 0 aliphatic carbocycles. The summed E-state index contributed by atoms with van der Waals surface area (Å²) in [6.07, 6.45) is 3.51. The molecular formula is C20H24N4O3. The number of amides is 2. The van der Waals surface area contributed by atoms with Crippen LogP contribution in [0, 0.1) is 0 Å². The molecule has 3 rings (SSSR count). The molecule has 2 aromatic rings. The Balaban J connectivity index is 1.84. The number of hydrogen-bond acceptors (Lipinski definition) is 4. The summed E-state index contributed by atoms with van der Waals surface area (Å²) in [6, 6.07) is 6.71. The van der Waals surface area contributed by atoms with Gasteiger partial charge in [-0.05, 0) is 56.9 Å². The Labute approximate surface area is 158 Å². The van der Waals surface area contributed by atoms with E-state index in [1.807, 2.05) is 11.5 Å². The highest BCUT2D eigenvalue weighted by molar-refractivity contribution is 6.04. The van der Waals surface area contributed by atoms with Gasteiger partial charge in [-0.3, -0.25) is 14.4 Å². The van der Waals surface area contributed by atoms with Gasteiger partial charge in [0.1, 0.15) is 5.69 Å². The van der Waals surface area contributed by atoms with Gasteiger partial charge in [-0.15, -0.1) is 0 Å². The van der Waals surface area contributed by atoms with Crippen molar-refractivity contribution in [3.05, 3.63) is 47.0 Å². The second-order valence-corrected chi connectivity index (χ2v) is 6.68. The van der Waals surface area contributed by atoms with Gasteiger partial charge in [-0.2, -0.15) is 0 Å². The number of carbonyl (C=O) groups excluding carboxylic acids is 3. The number of Topliss-reactive ketones (excluding diaryl/α,β-unsaturated/α-hetero) is 1. The molecule has 1 aromatic heterocycles. The van der Waals surface area contributed by atoms with Crippen molar-refractivity contribution >= 4 is 23.3 Å². The Bertz CT molecular complexity index is 868. The molecule has 0 spiro atoms. The lowest BCUT2D eigenvalue weighted by atomic mass is 10.1. The van der Waals surface area contributed by atoms with Crippen molar-refractivity contribution in [2.75, 3.05) is 11.9 Å². The summed E-state index contributed by atoms with van der Waals surface area (Å²) in [6.45, 7) is 4.74. The molecule has 2 heterocycles. The van der Waals surface area contributed by atoms with Crippen molar-refractivity contribution < 1.29 is 14.4 Å². The van der Waals surface area contributed by atoms with E-state index in [2.05, 4.69) is 15.6 Å². The van der Waals surface area contributed by atoms with E-state index in [-0.39, 0.29) is 23.4 Å². The maximum atomic E-state index is 12.8. The molecule has 1 aromatic carbocycles. The molecule has 0 unspecified atom stereocenters. The third-order valence-electron chi connectivity index (χ3n) is 4.62. The summed E-state index contributed by atoms with van der Waals surface area (Å²) < 4.78 is 1.85. The zero-order chi connectivity index (χ0) is 19.4. The fourth-order valence-electron chi connectivity index (χ4n) is 3.20. The van der Waals surface area contributed by atoms with Crippen LogP contribution in [0.5, 0.6) is 0 Å². The van der Waals surface area contributed by atoms with E-state index < -0.39 is 0 Å². The Kier molecular flexibility index (Phi) is 5.69. The van der Waals surface area contributed by atoms with Crippen molar-refractivity contribution in [2.24, 2.45) is 0 Å². The van der Waals surface area contributed by atoms with Crippen LogP contribution in [0.2, 0.25) is 0 Å². The summed E-state index contributed by atoms with van der Waals surface area (Å²) in [5.74, 6) is -0.365. The van der Waals surface area contributed by atoms with Crippen LogP contribution in [-0.2, 0) is 13.0 Å². The van der Waals surface area contributed by atoms with Crippen LogP contribution >= 0.6 is 0 Å². The number of rotatable bonds is 6. The predicted octanol–water partition coefficient (Wildman–Crippen LogP) is 2.81. The van der Waals surface area contributed by atoms with E-state index in [9.17, 15) is 14.4 Å². The number of anilines is 1. The lowest BCUT2D eigenvalue weighted by Crippen LogP contribution is -2.26. The fraction of sp³-hybridized carbons (Fsp3) is 0.400. The highest BCUT2D eigenvalue weighted by Crippen LogP contribution is 2.22. The average molecular weight is 368 g/mol. The van der Waals surface area contributed by atoms with Gasteiger partial charge >= 0.3 is 0 Å². The Morgan fingerprint density at radius 1 is 1.11 bits per heavy atom. The standard InChI is InChI=1S/C20H24N4O3/c1-3-11-21-19(26)17-16-6-4-5-12-24(16)18(23-17)20(27)22-15-9-7-14(8-10-15)13(2)25/h7-10H,3-6,11-12H2,1-2H3,(H,21,26)(H,22,27). The number of hydrogen-bond donors (Lipinski definition) is 2. The zero-order valence-electron chi connectivity index (χ0n) is 15.7. The van der Waals surface area contributed by atoms with E-state index in [1.54, 1.807) is 24.3 Å². The second-order valence-electron chi connectivity index (χ2n) is 6.68. The first-order chi connectivity index (χ1) is 13.0. The normalized spacial score (nSPS) is 13.0. The number of benzene rings is 1. The maximum absolute atomic E-state index is 12.8. The fourth-order valence-corrected chi connectivity index (χ4v) is 3.20. The maximum Gasteiger partial charge on any atom is 0.291 e. The SMILES string of the molecule is CCCNC(=O)c1nc(C(=O)Nc2ccc(C(C)=O)cc2)n2c1CCCC2. The third kappa shape index (κ3) is 4.07. The second kappa shape index (κ2) is 8.16. The first-order valence-electron chi connectivity index (χ1n) is 9.31. The molecular weight excluding hydrogens is 344 g/mol. The molecule has 142 valence electrons. The average Bonchev–Trinajstić information content (AvgIpc) is 3.06. The minimum atomic E-state index is -0.358. The summed E-state index contributed by atoms with van der Waals surface area (Å²) >= 11 is 0. The summed E-state index contributed by atoms with van der Waals surface area (Å²) in [5, 5.41) is 5.64. The van der Waals surface area contributed by atoms with Crippen LogP contribution in [-0.4, -0.2) is 33.7 Å². The molecule has 7 nitrogen and oxygen atoms in total. The van der Waals surface area contributed by atoms with Crippen LogP contribution in [0.15, 0.2) is 24.3 Å². The summed E-state index contributed by atoms with van der Waals surface area (Å²) in [5.41, 5.74) is 2.34. The molecule has 0 saturated heterocycles. The van der Waals surface area contributed by atoms with Gasteiger partial charge < -0.3 is 15.2 Å². The molecule has 0 radical (unpaired) electrons. The van der Waals surface area contributed by atoms with E-state index in [0.29, 0.717) is 30.0 Å². The molecule has 27 heavy (non-hydrogen) atoms. The molecule has 0 atom stereocenters. The van der Waals surface area contributed by atoms with Gasteiger partial charge in [0.2, 0.25) is 0 Å². The van der Waals surface area contributed by atoms with E-state index in [0.717, 1.165) is 31.4 Å². The number of nitrogens with one attached hydrogen (secondary N) is 2. The monoisotopic (exact) mass is 368 g/mol. The largest absolute Gasteiger partial charge is 0.351 e. The minimum absolute atomic E-state index is 0.0297. The van der Waals surface area contributed by atoms with E-state index in [4.69, 9.17) is 0 Å². The first kappa shape index (κ1) is 18.8. The highest BCUT2D eigenvalue weighted by atomic mass is 16.2. The van der Waals surface area contributed by atoms with Crippen molar-refractivity contribution in [1.29, 1.82) is 0 Å². The number of carbonyl (C=O) groups is 3. The Hall–Kier alpha value is -2.96. The third-order valence-corrected chi connectivity index (χ3v) is 4.62. The lowest BCUT2D eigenvalue weighted by molar-refractivity contribution is 0.0946. The number of aromatic nitrogens is 2. The topological polar surface area (TPSA) is 93.1 Å². The van der Waals surface area contributed by atoms with Gasteiger partial charge in [0.05, 0.1) is 5.69 Å². The quantitative estimate of drug-likeness (QED) is 0.767. The number of nitrogens with zero attached hydrogens (tertiary/aromatic N) is 2. The van der Waals surface area contributed by atoms with Gasteiger partial charge in [0, 0.05) is 24.3 Å². The highest BCUT2D eigenvalue weighted by Gasteiger charge is 2.27.